The van der Waals surface area contributed by atoms with Gasteiger partial charge in [0, 0.05) is 5.92 Å². The molecule has 0 aromatic rings. The fourth-order valence-corrected chi connectivity index (χ4v) is 1.08. The van der Waals surface area contributed by atoms with Gasteiger partial charge < -0.3 is 4.74 Å². The summed E-state index contributed by atoms with van der Waals surface area (Å²) in [6.45, 7) is 5.05. The molecule has 1 rings (SSSR count). The minimum atomic E-state index is -0.444. The molecular weight excluding hydrogens is 159 g/mol. The summed E-state index contributed by atoms with van der Waals surface area (Å²) in [5, 5.41) is 0. The molecule has 3 heteroatoms. The zero-order valence-electron chi connectivity index (χ0n) is 7.76. The molecule has 2 nitrogen and oxygen atoms in total. The van der Waals surface area contributed by atoms with E-state index >= 15 is 0 Å². The van der Waals surface area contributed by atoms with E-state index in [1.165, 1.54) is 0 Å². The highest BCUT2D eigenvalue weighted by molar-refractivity contribution is 5.76. The van der Waals surface area contributed by atoms with Crippen LogP contribution in [0.2, 0.25) is 0 Å². The Hall–Kier alpha value is -0.600. The first-order valence-electron chi connectivity index (χ1n) is 4.23. The SMILES string of the molecule is CC(C)(C)OC(=O)[C@H]1C[C@@H]1CF. The Morgan fingerprint density at radius 3 is 2.50 bits per heavy atom. The molecule has 0 spiro atoms. The number of ether oxygens (including phenoxy) is 1. The third-order valence-corrected chi connectivity index (χ3v) is 1.83. The first-order valence-corrected chi connectivity index (χ1v) is 4.23. The molecule has 70 valence electrons. The van der Waals surface area contributed by atoms with Crippen LogP contribution < -0.4 is 0 Å². The average Bonchev–Trinajstić information content (AvgIpc) is 2.60. The number of carbonyl (C=O) groups excluding carboxylic acids is 1. The van der Waals surface area contributed by atoms with Gasteiger partial charge in [0.2, 0.25) is 0 Å². The second-order valence-electron chi connectivity index (χ2n) is 4.29. The second-order valence-corrected chi connectivity index (χ2v) is 4.29. The molecule has 12 heavy (non-hydrogen) atoms. The number of hydrogen-bond acceptors (Lipinski definition) is 2. The first kappa shape index (κ1) is 9.49. The normalized spacial score (nSPS) is 28.3. The van der Waals surface area contributed by atoms with Crippen LogP contribution in [0.4, 0.5) is 4.39 Å². The van der Waals surface area contributed by atoms with Crippen LogP contribution in [-0.2, 0) is 9.53 Å². The summed E-state index contributed by atoms with van der Waals surface area (Å²) in [5.41, 5.74) is -0.444. The Kier molecular flexibility index (Phi) is 2.40. The van der Waals surface area contributed by atoms with Crippen molar-refractivity contribution < 1.29 is 13.9 Å². The number of hydrogen-bond donors (Lipinski definition) is 0. The Morgan fingerprint density at radius 2 is 2.17 bits per heavy atom. The lowest BCUT2D eigenvalue weighted by Gasteiger charge is -2.19. The lowest BCUT2D eigenvalue weighted by atomic mass is 10.2. The van der Waals surface area contributed by atoms with E-state index in [1.54, 1.807) is 0 Å². The van der Waals surface area contributed by atoms with Gasteiger partial charge in [0.25, 0.3) is 0 Å². The van der Waals surface area contributed by atoms with Gasteiger partial charge in [-0.3, -0.25) is 9.18 Å². The van der Waals surface area contributed by atoms with E-state index in [2.05, 4.69) is 0 Å². The molecule has 1 saturated carbocycles. The maximum absolute atomic E-state index is 12.0. The van der Waals surface area contributed by atoms with Crippen molar-refractivity contribution in [3.05, 3.63) is 0 Å². The van der Waals surface area contributed by atoms with E-state index in [0.29, 0.717) is 6.42 Å². The van der Waals surface area contributed by atoms with E-state index in [4.69, 9.17) is 4.74 Å². The lowest BCUT2D eigenvalue weighted by Crippen LogP contribution is -2.25. The van der Waals surface area contributed by atoms with Gasteiger partial charge in [-0.25, -0.2) is 0 Å². The van der Waals surface area contributed by atoms with Crippen LogP contribution in [0.1, 0.15) is 27.2 Å². The van der Waals surface area contributed by atoms with Gasteiger partial charge in [0.05, 0.1) is 12.6 Å². The summed E-state index contributed by atoms with van der Waals surface area (Å²) in [5.74, 6) is -0.487. The topological polar surface area (TPSA) is 26.3 Å². The molecule has 0 radical (unpaired) electrons. The van der Waals surface area contributed by atoms with Crippen LogP contribution in [0.15, 0.2) is 0 Å². The zero-order chi connectivity index (χ0) is 9.35. The van der Waals surface area contributed by atoms with Crippen molar-refractivity contribution in [3.63, 3.8) is 0 Å². The summed E-state index contributed by atoms with van der Waals surface area (Å²) in [7, 11) is 0. The number of carbonyl (C=O) groups is 1. The minimum Gasteiger partial charge on any atom is -0.460 e. The molecule has 0 amide bonds. The lowest BCUT2D eigenvalue weighted by molar-refractivity contribution is -0.156. The third kappa shape index (κ3) is 2.47. The fourth-order valence-electron chi connectivity index (χ4n) is 1.08. The highest BCUT2D eigenvalue weighted by Crippen LogP contribution is 2.40. The van der Waals surface area contributed by atoms with Crippen LogP contribution in [0, 0.1) is 11.8 Å². The van der Waals surface area contributed by atoms with Gasteiger partial charge in [-0.15, -0.1) is 0 Å². The Labute approximate surface area is 72.1 Å². The predicted molar refractivity (Wildman–Crippen MR) is 43.4 cm³/mol. The molecule has 0 heterocycles. The van der Waals surface area contributed by atoms with Crippen LogP contribution in [0.25, 0.3) is 0 Å². The maximum atomic E-state index is 12.0. The molecule has 0 unspecified atom stereocenters. The molecule has 1 aliphatic rings. The minimum absolute atomic E-state index is 0.0696. The molecule has 0 bridgehead atoms. The van der Waals surface area contributed by atoms with E-state index in [1.807, 2.05) is 20.8 Å². The van der Waals surface area contributed by atoms with Gasteiger partial charge >= 0.3 is 5.97 Å². The van der Waals surface area contributed by atoms with Crippen molar-refractivity contribution >= 4 is 5.97 Å². The standard InChI is InChI=1S/C9H15FO2/c1-9(2,3)12-8(11)7-4-6(7)5-10/h6-7H,4-5H2,1-3H3/t6-,7+/m1/s1. The molecule has 0 saturated heterocycles. The van der Waals surface area contributed by atoms with Crippen LogP contribution >= 0.6 is 0 Å². The van der Waals surface area contributed by atoms with Gasteiger partial charge in [0.1, 0.15) is 5.60 Å². The van der Waals surface area contributed by atoms with Crippen molar-refractivity contribution in [1.82, 2.24) is 0 Å². The Morgan fingerprint density at radius 1 is 1.58 bits per heavy atom. The molecule has 1 aliphatic carbocycles. The smallest absolute Gasteiger partial charge is 0.309 e. The van der Waals surface area contributed by atoms with Gasteiger partial charge in [-0.1, -0.05) is 0 Å². The number of halogens is 1. The van der Waals surface area contributed by atoms with Gasteiger partial charge in [0.15, 0.2) is 0 Å². The summed E-state index contributed by atoms with van der Waals surface area (Å²) in [4.78, 5) is 11.2. The molecule has 1 fully saturated rings. The van der Waals surface area contributed by atoms with Crippen molar-refractivity contribution in [2.24, 2.45) is 11.8 Å². The monoisotopic (exact) mass is 174 g/mol. The van der Waals surface area contributed by atoms with Crippen molar-refractivity contribution in [2.45, 2.75) is 32.8 Å². The zero-order valence-corrected chi connectivity index (χ0v) is 7.76. The largest absolute Gasteiger partial charge is 0.460 e. The number of esters is 1. The molecule has 0 aromatic carbocycles. The second kappa shape index (κ2) is 3.04. The van der Waals surface area contributed by atoms with E-state index in [9.17, 15) is 9.18 Å². The highest BCUT2D eigenvalue weighted by atomic mass is 19.1. The highest BCUT2D eigenvalue weighted by Gasteiger charge is 2.45. The van der Waals surface area contributed by atoms with E-state index in [0.717, 1.165) is 0 Å². The third-order valence-electron chi connectivity index (χ3n) is 1.83. The molecular formula is C9H15FO2. The summed E-state index contributed by atoms with van der Waals surface area (Å²) in [6.07, 6.45) is 0.658. The van der Waals surface area contributed by atoms with Gasteiger partial charge in [-0.2, -0.15) is 0 Å². The van der Waals surface area contributed by atoms with Crippen LogP contribution in [0.5, 0.6) is 0 Å². The van der Waals surface area contributed by atoms with Crippen molar-refractivity contribution in [1.29, 1.82) is 0 Å². The summed E-state index contributed by atoms with van der Waals surface area (Å²) < 4.78 is 17.1. The Balaban J connectivity index is 2.32. The quantitative estimate of drug-likeness (QED) is 0.598. The molecule has 0 aromatic heterocycles. The molecule has 0 N–H and O–H groups in total. The number of rotatable bonds is 2. The van der Waals surface area contributed by atoms with Crippen molar-refractivity contribution in [2.75, 3.05) is 6.67 Å². The van der Waals surface area contributed by atoms with E-state index < -0.39 is 12.3 Å². The van der Waals surface area contributed by atoms with Crippen LogP contribution in [-0.4, -0.2) is 18.2 Å². The van der Waals surface area contributed by atoms with E-state index in [-0.39, 0.29) is 17.8 Å². The summed E-state index contributed by atoms with van der Waals surface area (Å²) >= 11 is 0. The van der Waals surface area contributed by atoms with Crippen LogP contribution in [0.3, 0.4) is 0 Å². The maximum Gasteiger partial charge on any atom is 0.309 e. The average molecular weight is 174 g/mol. The first-order chi connectivity index (χ1) is 5.44. The molecule has 0 aliphatic heterocycles. The number of alkyl halides is 1. The molecule has 2 atom stereocenters. The van der Waals surface area contributed by atoms with Crippen molar-refractivity contribution in [3.8, 4) is 0 Å². The summed E-state index contributed by atoms with van der Waals surface area (Å²) in [6, 6.07) is 0. The Bertz CT molecular complexity index is 183. The van der Waals surface area contributed by atoms with Gasteiger partial charge in [-0.05, 0) is 27.2 Å². The fraction of sp³-hybridized carbons (Fsp3) is 0.889. The predicted octanol–water partition coefficient (Wildman–Crippen LogP) is 1.93.